The van der Waals surface area contributed by atoms with Crippen molar-refractivity contribution in [2.45, 2.75) is 39.8 Å². The Kier molecular flexibility index (Phi) is 7.32. The number of urea groups is 1. The van der Waals surface area contributed by atoms with Gasteiger partial charge in [0.2, 0.25) is 5.78 Å². The predicted molar refractivity (Wildman–Crippen MR) is 108 cm³/mol. The molecule has 2 N–H and O–H groups in total. The molecule has 2 amide bonds. The van der Waals surface area contributed by atoms with Gasteiger partial charge in [0.15, 0.2) is 6.10 Å². The number of esters is 1. The third kappa shape index (κ3) is 5.94. The third-order valence-electron chi connectivity index (χ3n) is 4.24. The number of ether oxygens (including phenoxy) is 1. The van der Waals surface area contributed by atoms with Gasteiger partial charge >= 0.3 is 12.0 Å². The van der Waals surface area contributed by atoms with Crippen LogP contribution < -0.4 is 10.6 Å². The van der Waals surface area contributed by atoms with Crippen LogP contribution in [0.15, 0.2) is 54.6 Å². The minimum Gasteiger partial charge on any atom is -0.453 e. The van der Waals surface area contributed by atoms with E-state index in [0.29, 0.717) is 11.3 Å². The summed E-state index contributed by atoms with van der Waals surface area (Å²) in [4.78, 5) is 37.2. The standard InChI is InChI=1S/C22H26N2O4/c1-14(2)19(24-22(27)23-18-8-6-5-7-9-18)21(26)28-16(4)20(25)17-12-10-15(3)11-13-17/h5-14,16,19H,1-4H3,(H2,23,24,27)/t16-,19+/m1/s1. The molecule has 0 radical (unpaired) electrons. The number of para-hydroxylation sites is 1. The maximum atomic E-state index is 12.6. The average Bonchev–Trinajstić information content (AvgIpc) is 2.66. The van der Waals surface area contributed by atoms with E-state index in [-0.39, 0.29) is 11.7 Å². The van der Waals surface area contributed by atoms with E-state index >= 15 is 0 Å². The number of aryl methyl sites for hydroxylation is 1. The van der Waals surface area contributed by atoms with Crippen LogP contribution in [0, 0.1) is 12.8 Å². The first-order valence-corrected chi connectivity index (χ1v) is 9.22. The monoisotopic (exact) mass is 382 g/mol. The number of hydrogen-bond acceptors (Lipinski definition) is 4. The molecule has 0 bridgehead atoms. The van der Waals surface area contributed by atoms with Crippen LogP contribution in [0.3, 0.4) is 0 Å². The molecular weight excluding hydrogens is 356 g/mol. The molecule has 2 aromatic rings. The van der Waals surface area contributed by atoms with Crippen molar-refractivity contribution >= 4 is 23.5 Å². The summed E-state index contributed by atoms with van der Waals surface area (Å²) in [5.74, 6) is -1.15. The highest BCUT2D eigenvalue weighted by Gasteiger charge is 2.29. The van der Waals surface area contributed by atoms with E-state index in [1.165, 1.54) is 6.92 Å². The van der Waals surface area contributed by atoms with Gasteiger partial charge in [-0.1, -0.05) is 61.9 Å². The van der Waals surface area contributed by atoms with Gasteiger partial charge in [-0.05, 0) is 31.9 Å². The second-order valence-electron chi connectivity index (χ2n) is 7.00. The van der Waals surface area contributed by atoms with Crippen LogP contribution in [-0.2, 0) is 9.53 Å². The highest BCUT2D eigenvalue weighted by atomic mass is 16.5. The molecule has 0 heterocycles. The first-order chi connectivity index (χ1) is 13.3. The minimum atomic E-state index is -0.949. The molecular formula is C22H26N2O4. The van der Waals surface area contributed by atoms with Gasteiger partial charge in [-0.3, -0.25) is 4.79 Å². The number of hydrogen-bond donors (Lipinski definition) is 2. The minimum absolute atomic E-state index is 0.212. The Morgan fingerprint density at radius 2 is 1.50 bits per heavy atom. The third-order valence-corrected chi connectivity index (χ3v) is 4.24. The van der Waals surface area contributed by atoms with E-state index in [1.807, 2.05) is 25.1 Å². The molecule has 6 heteroatoms. The lowest BCUT2D eigenvalue weighted by Gasteiger charge is -2.23. The van der Waals surface area contributed by atoms with Gasteiger partial charge in [0.05, 0.1) is 0 Å². The van der Waals surface area contributed by atoms with Gasteiger partial charge in [0, 0.05) is 11.3 Å². The van der Waals surface area contributed by atoms with E-state index in [4.69, 9.17) is 4.74 Å². The molecule has 0 unspecified atom stereocenters. The number of amides is 2. The molecule has 148 valence electrons. The van der Waals surface area contributed by atoms with Gasteiger partial charge in [0.1, 0.15) is 6.04 Å². The van der Waals surface area contributed by atoms with Crippen LogP contribution in [0.1, 0.15) is 36.7 Å². The number of carbonyl (C=O) groups excluding carboxylic acids is 3. The van der Waals surface area contributed by atoms with Crippen molar-refractivity contribution in [1.82, 2.24) is 5.32 Å². The molecule has 2 rings (SSSR count). The number of rotatable bonds is 7. The van der Waals surface area contributed by atoms with Crippen LogP contribution in [0.25, 0.3) is 0 Å². The molecule has 0 fully saturated rings. The second kappa shape index (κ2) is 9.69. The SMILES string of the molecule is Cc1ccc(C(=O)[C@@H](C)OC(=O)[C@@H](NC(=O)Nc2ccccc2)C(C)C)cc1. The zero-order valence-corrected chi connectivity index (χ0v) is 16.6. The summed E-state index contributed by atoms with van der Waals surface area (Å²) in [5, 5.41) is 5.28. The maximum Gasteiger partial charge on any atom is 0.329 e. The Morgan fingerprint density at radius 1 is 0.893 bits per heavy atom. The number of carbonyl (C=O) groups is 3. The quantitative estimate of drug-likeness (QED) is 0.561. The lowest BCUT2D eigenvalue weighted by atomic mass is 10.0. The Labute approximate surface area is 165 Å². The largest absolute Gasteiger partial charge is 0.453 e. The lowest BCUT2D eigenvalue weighted by Crippen LogP contribution is -2.48. The summed E-state index contributed by atoms with van der Waals surface area (Å²) in [5.41, 5.74) is 2.12. The summed E-state index contributed by atoms with van der Waals surface area (Å²) < 4.78 is 5.34. The van der Waals surface area contributed by atoms with E-state index in [1.54, 1.807) is 50.2 Å². The first kappa shape index (κ1) is 21.2. The van der Waals surface area contributed by atoms with Gasteiger partial charge in [-0.2, -0.15) is 0 Å². The van der Waals surface area contributed by atoms with Crippen LogP contribution in [0.4, 0.5) is 10.5 Å². The van der Waals surface area contributed by atoms with Crippen LogP contribution >= 0.6 is 0 Å². The molecule has 2 aromatic carbocycles. The fourth-order valence-corrected chi connectivity index (χ4v) is 2.58. The van der Waals surface area contributed by atoms with Gasteiger partial charge in [-0.15, -0.1) is 0 Å². The maximum absolute atomic E-state index is 12.6. The van der Waals surface area contributed by atoms with E-state index in [0.717, 1.165) is 5.56 Å². The van der Waals surface area contributed by atoms with Crippen molar-refractivity contribution in [3.8, 4) is 0 Å². The molecule has 0 aliphatic carbocycles. The van der Waals surface area contributed by atoms with Gasteiger partial charge in [0.25, 0.3) is 0 Å². The number of anilines is 1. The molecule has 0 saturated carbocycles. The summed E-state index contributed by atoms with van der Waals surface area (Å²) in [7, 11) is 0. The molecule has 28 heavy (non-hydrogen) atoms. The molecule has 0 aromatic heterocycles. The van der Waals surface area contributed by atoms with E-state index < -0.39 is 24.1 Å². The van der Waals surface area contributed by atoms with Crippen molar-refractivity contribution in [3.05, 3.63) is 65.7 Å². The van der Waals surface area contributed by atoms with Crippen LogP contribution in [-0.4, -0.2) is 29.9 Å². The lowest BCUT2D eigenvalue weighted by molar-refractivity contribution is -0.149. The van der Waals surface area contributed by atoms with Crippen molar-refractivity contribution in [3.63, 3.8) is 0 Å². The van der Waals surface area contributed by atoms with Crippen molar-refractivity contribution < 1.29 is 19.1 Å². The number of benzene rings is 2. The Hall–Kier alpha value is -3.15. The van der Waals surface area contributed by atoms with E-state index in [2.05, 4.69) is 10.6 Å². The van der Waals surface area contributed by atoms with Gasteiger partial charge < -0.3 is 15.4 Å². The van der Waals surface area contributed by atoms with E-state index in [9.17, 15) is 14.4 Å². The number of nitrogens with one attached hydrogen (secondary N) is 2. The predicted octanol–water partition coefficient (Wildman–Crippen LogP) is 3.96. The van der Waals surface area contributed by atoms with Crippen LogP contribution in [0.2, 0.25) is 0 Å². The van der Waals surface area contributed by atoms with Crippen molar-refractivity contribution in [2.24, 2.45) is 5.92 Å². The van der Waals surface area contributed by atoms with Gasteiger partial charge in [-0.25, -0.2) is 9.59 Å². The van der Waals surface area contributed by atoms with Crippen molar-refractivity contribution in [2.75, 3.05) is 5.32 Å². The second-order valence-corrected chi connectivity index (χ2v) is 7.00. The Bertz CT molecular complexity index is 816. The normalized spacial score (nSPS) is 12.8. The first-order valence-electron chi connectivity index (χ1n) is 9.22. The molecule has 0 saturated heterocycles. The molecule has 0 spiro atoms. The molecule has 0 aliphatic heterocycles. The Morgan fingerprint density at radius 3 is 2.07 bits per heavy atom. The molecule has 6 nitrogen and oxygen atoms in total. The fourth-order valence-electron chi connectivity index (χ4n) is 2.58. The zero-order valence-electron chi connectivity index (χ0n) is 16.6. The Balaban J connectivity index is 1.98. The molecule has 2 atom stereocenters. The summed E-state index contributed by atoms with van der Waals surface area (Å²) in [6.45, 7) is 7.04. The smallest absolute Gasteiger partial charge is 0.329 e. The average molecular weight is 382 g/mol. The van der Waals surface area contributed by atoms with Crippen molar-refractivity contribution in [1.29, 1.82) is 0 Å². The molecule has 0 aliphatic rings. The summed E-state index contributed by atoms with van der Waals surface area (Å²) in [6.07, 6.45) is -0.949. The zero-order chi connectivity index (χ0) is 20.7. The summed E-state index contributed by atoms with van der Waals surface area (Å²) in [6, 6.07) is 14.6. The topological polar surface area (TPSA) is 84.5 Å². The highest BCUT2D eigenvalue weighted by molar-refractivity contribution is 6.00. The van der Waals surface area contributed by atoms with Crippen LogP contribution in [0.5, 0.6) is 0 Å². The highest BCUT2D eigenvalue weighted by Crippen LogP contribution is 2.12. The number of Topliss-reactive ketones (excluding diaryl/α,β-unsaturated/α-hetero) is 1. The number of ketones is 1. The fraction of sp³-hybridized carbons (Fsp3) is 0.318. The summed E-state index contributed by atoms with van der Waals surface area (Å²) >= 11 is 0.